The van der Waals surface area contributed by atoms with Gasteiger partial charge >= 0.3 is 0 Å². The second kappa shape index (κ2) is 9.14. The number of aryl methyl sites for hydroxylation is 2. The first-order chi connectivity index (χ1) is 14.9. The van der Waals surface area contributed by atoms with Crippen molar-refractivity contribution in [2.24, 2.45) is 0 Å². The number of hydrogen-bond acceptors (Lipinski definition) is 4. The Morgan fingerprint density at radius 1 is 1.03 bits per heavy atom. The number of benzene rings is 2. The lowest BCUT2D eigenvalue weighted by molar-refractivity contribution is -0.120. The fourth-order valence-corrected chi connectivity index (χ4v) is 4.91. The second-order valence-electron chi connectivity index (χ2n) is 8.17. The highest BCUT2D eigenvalue weighted by atomic mass is 32.2. The highest BCUT2D eigenvalue weighted by Gasteiger charge is 2.28. The fraction of sp³-hybridized carbons (Fsp3) is 0.375. The molecule has 0 unspecified atom stereocenters. The van der Waals surface area contributed by atoms with Crippen molar-refractivity contribution in [2.75, 3.05) is 35.6 Å². The average molecular weight is 438 g/mol. The summed E-state index contributed by atoms with van der Waals surface area (Å²) in [5, 5.41) is 2.92. The standard InChI is InChI=1S/C24H27N3O3S/c1-16-6-7-17(2)19(12-16)25-22(28)14-27-20-13-18(8-9-21(20)31-15-23(27)29)24(30)26-10-4-3-5-11-26/h6-9,12-13H,3-5,10-11,14-15H2,1-2H3,(H,25,28). The smallest absolute Gasteiger partial charge is 0.253 e. The Labute approximate surface area is 187 Å². The number of anilines is 2. The third-order valence-electron chi connectivity index (χ3n) is 5.76. The number of piperidine rings is 1. The molecule has 0 radical (unpaired) electrons. The predicted molar refractivity (Wildman–Crippen MR) is 124 cm³/mol. The van der Waals surface area contributed by atoms with Crippen molar-refractivity contribution in [1.82, 2.24) is 4.90 Å². The first-order valence-electron chi connectivity index (χ1n) is 10.7. The molecule has 2 heterocycles. The second-order valence-corrected chi connectivity index (χ2v) is 9.19. The van der Waals surface area contributed by atoms with Gasteiger partial charge in [0.1, 0.15) is 6.54 Å². The Morgan fingerprint density at radius 3 is 2.58 bits per heavy atom. The first-order valence-corrected chi connectivity index (χ1v) is 11.6. The largest absolute Gasteiger partial charge is 0.339 e. The SMILES string of the molecule is Cc1ccc(C)c(NC(=O)CN2C(=O)CSc3ccc(C(=O)N4CCCCC4)cc32)c1. The first kappa shape index (κ1) is 21.4. The number of carbonyl (C=O) groups excluding carboxylic acids is 3. The van der Waals surface area contributed by atoms with E-state index in [1.54, 1.807) is 6.07 Å². The third-order valence-corrected chi connectivity index (χ3v) is 6.81. The fourth-order valence-electron chi connectivity index (χ4n) is 3.99. The zero-order valence-electron chi connectivity index (χ0n) is 17.9. The minimum absolute atomic E-state index is 0.00897. The number of nitrogens with one attached hydrogen (secondary N) is 1. The summed E-state index contributed by atoms with van der Waals surface area (Å²) in [6, 6.07) is 11.4. The Hall–Kier alpha value is -2.80. The number of amides is 3. The van der Waals surface area contributed by atoms with Crippen LogP contribution in [0.2, 0.25) is 0 Å². The molecule has 4 rings (SSSR count). The Bertz CT molecular complexity index is 1030. The molecule has 6 nitrogen and oxygen atoms in total. The summed E-state index contributed by atoms with van der Waals surface area (Å²) in [7, 11) is 0. The van der Waals surface area contributed by atoms with Crippen LogP contribution in [0.3, 0.4) is 0 Å². The molecule has 7 heteroatoms. The van der Waals surface area contributed by atoms with E-state index in [4.69, 9.17) is 0 Å². The van der Waals surface area contributed by atoms with E-state index < -0.39 is 0 Å². The third kappa shape index (κ3) is 4.77. The van der Waals surface area contributed by atoms with Gasteiger partial charge in [-0.05, 0) is 68.5 Å². The van der Waals surface area contributed by atoms with Crippen molar-refractivity contribution in [2.45, 2.75) is 38.0 Å². The lowest BCUT2D eigenvalue weighted by Crippen LogP contribution is -2.41. The van der Waals surface area contributed by atoms with E-state index >= 15 is 0 Å². The van der Waals surface area contributed by atoms with Gasteiger partial charge in [-0.2, -0.15) is 0 Å². The molecule has 0 spiro atoms. The van der Waals surface area contributed by atoms with Crippen LogP contribution in [0.25, 0.3) is 0 Å². The molecule has 31 heavy (non-hydrogen) atoms. The van der Waals surface area contributed by atoms with Crippen molar-refractivity contribution in [3.63, 3.8) is 0 Å². The predicted octanol–water partition coefficient (Wildman–Crippen LogP) is 4.01. The zero-order chi connectivity index (χ0) is 22.0. The van der Waals surface area contributed by atoms with Gasteiger partial charge in [0.25, 0.3) is 5.91 Å². The van der Waals surface area contributed by atoms with Gasteiger partial charge in [-0.25, -0.2) is 0 Å². The molecule has 3 amide bonds. The van der Waals surface area contributed by atoms with Gasteiger partial charge in [0.2, 0.25) is 11.8 Å². The van der Waals surface area contributed by atoms with Crippen molar-refractivity contribution in [3.8, 4) is 0 Å². The van der Waals surface area contributed by atoms with Crippen LogP contribution in [0.15, 0.2) is 41.3 Å². The topological polar surface area (TPSA) is 69.7 Å². The summed E-state index contributed by atoms with van der Waals surface area (Å²) in [5.74, 6) is -0.113. The van der Waals surface area contributed by atoms with Crippen LogP contribution in [-0.4, -0.2) is 48.0 Å². The van der Waals surface area contributed by atoms with Crippen molar-refractivity contribution < 1.29 is 14.4 Å². The van der Waals surface area contributed by atoms with Gasteiger partial charge < -0.3 is 15.1 Å². The Balaban J connectivity index is 1.55. The summed E-state index contributed by atoms with van der Waals surface area (Å²) in [6.07, 6.45) is 3.20. The molecular formula is C24H27N3O3S. The van der Waals surface area contributed by atoms with Gasteiger partial charge in [-0.1, -0.05) is 12.1 Å². The van der Waals surface area contributed by atoms with E-state index in [0.29, 0.717) is 11.3 Å². The van der Waals surface area contributed by atoms with Gasteiger partial charge in [0.15, 0.2) is 0 Å². The van der Waals surface area contributed by atoms with Gasteiger partial charge in [0.05, 0.1) is 11.4 Å². The molecule has 0 aliphatic carbocycles. The number of carbonyl (C=O) groups is 3. The lowest BCUT2D eigenvalue weighted by Gasteiger charge is -2.30. The molecule has 2 aliphatic heterocycles. The van der Waals surface area contributed by atoms with Crippen molar-refractivity contribution in [3.05, 3.63) is 53.1 Å². The van der Waals surface area contributed by atoms with Crippen LogP contribution in [0.1, 0.15) is 40.7 Å². The van der Waals surface area contributed by atoms with E-state index in [2.05, 4.69) is 5.32 Å². The molecule has 1 fully saturated rings. The monoisotopic (exact) mass is 437 g/mol. The van der Waals surface area contributed by atoms with Crippen LogP contribution in [0.4, 0.5) is 11.4 Å². The summed E-state index contributed by atoms with van der Waals surface area (Å²) in [5.41, 5.74) is 3.97. The summed E-state index contributed by atoms with van der Waals surface area (Å²) >= 11 is 1.44. The van der Waals surface area contributed by atoms with Crippen molar-refractivity contribution in [1.29, 1.82) is 0 Å². The molecule has 0 saturated carbocycles. The van der Waals surface area contributed by atoms with Gasteiger partial charge in [0, 0.05) is 29.2 Å². The molecule has 2 aromatic carbocycles. The maximum atomic E-state index is 12.9. The quantitative estimate of drug-likeness (QED) is 0.785. The van der Waals surface area contributed by atoms with Crippen LogP contribution >= 0.6 is 11.8 Å². The van der Waals surface area contributed by atoms with E-state index in [0.717, 1.165) is 54.1 Å². The highest BCUT2D eigenvalue weighted by Crippen LogP contribution is 2.36. The lowest BCUT2D eigenvalue weighted by atomic mass is 10.1. The van der Waals surface area contributed by atoms with Gasteiger partial charge in [-0.15, -0.1) is 11.8 Å². The van der Waals surface area contributed by atoms with Gasteiger partial charge in [-0.3, -0.25) is 14.4 Å². The molecule has 0 bridgehead atoms. The molecule has 2 aliphatic rings. The Kier molecular flexibility index (Phi) is 6.32. The van der Waals surface area contributed by atoms with Crippen LogP contribution in [0, 0.1) is 13.8 Å². The molecule has 162 valence electrons. The van der Waals surface area contributed by atoms with E-state index in [9.17, 15) is 14.4 Å². The van der Waals surface area contributed by atoms with E-state index in [1.165, 1.54) is 16.7 Å². The summed E-state index contributed by atoms with van der Waals surface area (Å²) in [6.45, 7) is 5.36. The highest BCUT2D eigenvalue weighted by molar-refractivity contribution is 8.00. The number of fused-ring (bicyclic) bond motifs is 1. The summed E-state index contributed by atoms with van der Waals surface area (Å²) < 4.78 is 0. The maximum Gasteiger partial charge on any atom is 0.253 e. The van der Waals surface area contributed by atoms with Crippen LogP contribution < -0.4 is 10.2 Å². The molecular weight excluding hydrogens is 410 g/mol. The molecule has 1 saturated heterocycles. The number of hydrogen-bond donors (Lipinski definition) is 1. The van der Waals surface area contributed by atoms with E-state index in [-0.39, 0.29) is 30.0 Å². The number of nitrogens with zero attached hydrogens (tertiary/aromatic N) is 2. The minimum atomic E-state index is -0.257. The zero-order valence-corrected chi connectivity index (χ0v) is 18.8. The normalized spacial score (nSPS) is 16.1. The Morgan fingerprint density at radius 2 is 1.81 bits per heavy atom. The van der Waals surface area contributed by atoms with Crippen LogP contribution in [0.5, 0.6) is 0 Å². The molecule has 0 atom stereocenters. The number of thioether (sulfide) groups is 1. The molecule has 2 aromatic rings. The average Bonchev–Trinajstić information content (AvgIpc) is 2.78. The van der Waals surface area contributed by atoms with Crippen molar-refractivity contribution >= 4 is 40.9 Å². The maximum absolute atomic E-state index is 12.9. The van der Waals surface area contributed by atoms with Crippen LogP contribution in [-0.2, 0) is 9.59 Å². The number of rotatable bonds is 4. The molecule has 0 aromatic heterocycles. The summed E-state index contributed by atoms with van der Waals surface area (Å²) in [4.78, 5) is 42.7. The molecule has 1 N–H and O–H groups in total. The van der Waals surface area contributed by atoms with E-state index in [1.807, 2.05) is 49.1 Å². The number of likely N-dealkylation sites (tertiary alicyclic amines) is 1. The minimum Gasteiger partial charge on any atom is -0.339 e.